The highest BCUT2D eigenvalue weighted by molar-refractivity contribution is 5.81. The number of nitrogens with zero attached hydrogens (tertiary/aromatic N) is 1. The van der Waals surface area contributed by atoms with Crippen molar-refractivity contribution in [2.24, 2.45) is 17.0 Å². The molecule has 0 spiro atoms. The molecule has 0 aromatic rings. The Labute approximate surface area is 102 Å². The standard InChI is InChI=1S/C11H22N4O2/c1-11(10(12)17)5-7-15(8-11)6-3-2-4-9(16)14-13/h2-8,13H2,1H3,(H2,12,17)(H,14,16). The minimum absolute atomic E-state index is 0.131. The van der Waals surface area contributed by atoms with E-state index < -0.39 is 0 Å². The molecule has 0 radical (unpaired) electrons. The number of carbonyl (C=O) groups excluding carboxylic acids is 2. The summed E-state index contributed by atoms with van der Waals surface area (Å²) in [5.41, 5.74) is 7.10. The van der Waals surface area contributed by atoms with Gasteiger partial charge in [0, 0.05) is 13.0 Å². The van der Waals surface area contributed by atoms with Crippen LogP contribution in [-0.2, 0) is 9.59 Å². The van der Waals surface area contributed by atoms with Crippen LogP contribution in [0.5, 0.6) is 0 Å². The molecule has 6 nitrogen and oxygen atoms in total. The fraction of sp³-hybridized carbons (Fsp3) is 0.818. The predicted molar refractivity (Wildman–Crippen MR) is 64.5 cm³/mol. The van der Waals surface area contributed by atoms with Gasteiger partial charge in [-0.25, -0.2) is 5.84 Å². The fourth-order valence-corrected chi connectivity index (χ4v) is 2.14. The third-order valence-electron chi connectivity index (χ3n) is 3.44. The SMILES string of the molecule is CC1(C(N)=O)CCN(CCCCC(=O)NN)C1. The Balaban J connectivity index is 2.18. The number of hydrogen-bond donors (Lipinski definition) is 3. The number of nitrogens with two attached hydrogens (primary N) is 2. The summed E-state index contributed by atoms with van der Waals surface area (Å²) in [5.74, 6) is 4.63. The molecule has 17 heavy (non-hydrogen) atoms. The second kappa shape index (κ2) is 5.97. The van der Waals surface area contributed by atoms with Crippen molar-refractivity contribution in [3.63, 3.8) is 0 Å². The molecule has 1 aliphatic heterocycles. The van der Waals surface area contributed by atoms with E-state index in [0.717, 1.165) is 38.9 Å². The van der Waals surface area contributed by atoms with Crippen LogP contribution in [-0.4, -0.2) is 36.3 Å². The predicted octanol–water partition coefficient (Wildman–Crippen LogP) is -0.656. The van der Waals surface area contributed by atoms with E-state index in [1.807, 2.05) is 6.92 Å². The largest absolute Gasteiger partial charge is 0.369 e. The van der Waals surface area contributed by atoms with E-state index in [-0.39, 0.29) is 17.2 Å². The molecular weight excluding hydrogens is 220 g/mol. The summed E-state index contributed by atoms with van der Waals surface area (Å²) < 4.78 is 0. The van der Waals surface area contributed by atoms with Crippen molar-refractivity contribution >= 4 is 11.8 Å². The van der Waals surface area contributed by atoms with Gasteiger partial charge < -0.3 is 10.6 Å². The molecule has 0 aliphatic carbocycles. The first kappa shape index (κ1) is 13.9. The van der Waals surface area contributed by atoms with Gasteiger partial charge in [0.2, 0.25) is 11.8 Å². The number of primary amides is 1. The van der Waals surface area contributed by atoms with Gasteiger partial charge in [-0.15, -0.1) is 0 Å². The molecule has 0 aromatic carbocycles. The van der Waals surface area contributed by atoms with Crippen LogP contribution in [0.3, 0.4) is 0 Å². The van der Waals surface area contributed by atoms with E-state index in [2.05, 4.69) is 10.3 Å². The smallest absolute Gasteiger partial charge is 0.233 e. The van der Waals surface area contributed by atoms with E-state index in [4.69, 9.17) is 11.6 Å². The fourth-order valence-electron chi connectivity index (χ4n) is 2.14. The number of nitrogens with one attached hydrogen (secondary N) is 1. The third kappa shape index (κ3) is 3.98. The lowest BCUT2D eigenvalue weighted by atomic mass is 9.89. The number of likely N-dealkylation sites (tertiary alicyclic amines) is 1. The Kier molecular flexibility index (Phi) is 4.89. The molecule has 1 aliphatic rings. The number of hydrazine groups is 1. The second-order valence-electron chi connectivity index (χ2n) is 4.98. The van der Waals surface area contributed by atoms with Crippen LogP contribution in [0.2, 0.25) is 0 Å². The van der Waals surface area contributed by atoms with Crippen molar-refractivity contribution in [3.05, 3.63) is 0 Å². The Bertz CT molecular complexity index is 295. The average Bonchev–Trinajstić information content (AvgIpc) is 2.68. The summed E-state index contributed by atoms with van der Waals surface area (Å²) in [6.45, 7) is 4.45. The van der Waals surface area contributed by atoms with Gasteiger partial charge in [0.1, 0.15) is 0 Å². The number of carbonyl (C=O) groups is 2. The van der Waals surface area contributed by atoms with Crippen molar-refractivity contribution < 1.29 is 9.59 Å². The van der Waals surface area contributed by atoms with E-state index in [0.29, 0.717) is 6.42 Å². The summed E-state index contributed by atoms with van der Waals surface area (Å²) in [4.78, 5) is 24.4. The van der Waals surface area contributed by atoms with Gasteiger partial charge in [-0.3, -0.25) is 15.0 Å². The molecule has 1 atom stereocenters. The maximum absolute atomic E-state index is 11.3. The minimum Gasteiger partial charge on any atom is -0.369 e. The topological polar surface area (TPSA) is 101 Å². The Morgan fingerprint density at radius 1 is 1.41 bits per heavy atom. The van der Waals surface area contributed by atoms with Crippen molar-refractivity contribution in [1.82, 2.24) is 10.3 Å². The molecule has 0 bridgehead atoms. The van der Waals surface area contributed by atoms with E-state index in [9.17, 15) is 9.59 Å². The van der Waals surface area contributed by atoms with Crippen molar-refractivity contribution in [2.75, 3.05) is 19.6 Å². The molecule has 1 rings (SSSR count). The van der Waals surface area contributed by atoms with Crippen LogP contribution in [0.25, 0.3) is 0 Å². The molecule has 98 valence electrons. The van der Waals surface area contributed by atoms with Gasteiger partial charge in [-0.1, -0.05) is 0 Å². The maximum Gasteiger partial charge on any atom is 0.233 e. The molecule has 0 aromatic heterocycles. The molecular formula is C11H22N4O2. The molecule has 6 heteroatoms. The summed E-state index contributed by atoms with van der Waals surface area (Å²) in [5, 5.41) is 0. The van der Waals surface area contributed by atoms with Gasteiger partial charge in [0.25, 0.3) is 0 Å². The van der Waals surface area contributed by atoms with Crippen molar-refractivity contribution in [1.29, 1.82) is 0 Å². The molecule has 1 heterocycles. The van der Waals surface area contributed by atoms with Gasteiger partial charge in [0.15, 0.2) is 0 Å². The van der Waals surface area contributed by atoms with Crippen molar-refractivity contribution in [3.8, 4) is 0 Å². The highest BCUT2D eigenvalue weighted by atomic mass is 16.2. The molecule has 1 fully saturated rings. The maximum atomic E-state index is 11.3. The minimum atomic E-state index is -0.380. The molecule has 0 saturated carbocycles. The molecule has 1 unspecified atom stereocenters. The molecule has 2 amide bonds. The number of amides is 2. The number of rotatable bonds is 6. The van der Waals surface area contributed by atoms with E-state index in [1.54, 1.807) is 0 Å². The summed E-state index contributed by atoms with van der Waals surface area (Å²) >= 11 is 0. The van der Waals surface area contributed by atoms with Crippen LogP contribution >= 0.6 is 0 Å². The zero-order chi connectivity index (χ0) is 12.9. The van der Waals surface area contributed by atoms with Gasteiger partial charge >= 0.3 is 0 Å². The van der Waals surface area contributed by atoms with Crippen LogP contribution in [0.4, 0.5) is 0 Å². The first-order chi connectivity index (χ1) is 7.98. The van der Waals surface area contributed by atoms with Gasteiger partial charge in [-0.05, 0) is 39.3 Å². The normalized spacial score (nSPS) is 24.8. The lowest BCUT2D eigenvalue weighted by molar-refractivity contribution is -0.126. The molecule has 5 N–H and O–H groups in total. The molecule has 1 saturated heterocycles. The zero-order valence-electron chi connectivity index (χ0n) is 10.4. The Morgan fingerprint density at radius 2 is 2.12 bits per heavy atom. The third-order valence-corrected chi connectivity index (χ3v) is 3.44. The summed E-state index contributed by atoms with van der Waals surface area (Å²) in [6.07, 6.45) is 3.03. The zero-order valence-corrected chi connectivity index (χ0v) is 10.4. The highest BCUT2D eigenvalue weighted by Crippen LogP contribution is 2.29. The Hall–Kier alpha value is -1.14. The Morgan fingerprint density at radius 3 is 2.65 bits per heavy atom. The number of hydrogen-bond acceptors (Lipinski definition) is 4. The van der Waals surface area contributed by atoms with Gasteiger partial charge in [0.05, 0.1) is 5.41 Å². The van der Waals surface area contributed by atoms with Gasteiger partial charge in [-0.2, -0.15) is 0 Å². The van der Waals surface area contributed by atoms with E-state index >= 15 is 0 Å². The first-order valence-corrected chi connectivity index (χ1v) is 5.99. The first-order valence-electron chi connectivity index (χ1n) is 5.99. The summed E-state index contributed by atoms with van der Waals surface area (Å²) in [6, 6.07) is 0. The van der Waals surface area contributed by atoms with Crippen LogP contribution in [0, 0.1) is 5.41 Å². The van der Waals surface area contributed by atoms with Crippen LogP contribution in [0.1, 0.15) is 32.6 Å². The quantitative estimate of drug-likeness (QED) is 0.249. The van der Waals surface area contributed by atoms with Crippen molar-refractivity contribution in [2.45, 2.75) is 32.6 Å². The lowest BCUT2D eigenvalue weighted by Crippen LogP contribution is -2.37. The van der Waals surface area contributed by atoms with Crippen LogP contribution < -0.4 is 17.0 Å². The summed E-state index contributed by atoms with van der Waals surface area (Å²) in [7, 11) is 0. The van der Waals surface area contributed by atoms with Crippen LogP contribution in [0.15, 0.2) is 0 Å². The van der Waals surface area contributed by atoms with E-state index in [1.165, 1.54) is 0 Å². The lowest BCUT2D eigenvalue weighted by Gasteiger charge is -2.20. The monoisotopic (exact) mass is 242 g/mol. The second-order valence-corrected chi connectivity index (χ2v) is 4.98. The average molecular weight is 242 g/mol. The number of unbranched alkanes of at least 4 members (excludes halogenated alkanes) is 1. The highest BCUT2D eigenvalue weighted by Gasteiger charge is 2.38.